The van der Waals surface area contributed by atoms with Crippen molar-refractivity contribution >= 4 is 27.5 Å². The van der Waals surface area contributed by atoms with Gasteiger partial charge in [0.1, 0.15) is 5.75 Å². The summed E-state index contributed by atoms with van der Waals surface area (Å²) >= 11 is 6.05. The molecule has 21 heavy (non-hydrogen) atoms. The van der Waals surface area contributed by atoms with E-state index < -0.39 is 10.0 Å². The fraction of sp³-hybridized carbons (Fsp3) is 0.462. The van der Waals surface area contributed by atoms with Crippen molar-refractivity contribution in [1.29, 1.82) is 0 Å². The highest BCUT2D eigenvalue weighted by molar-refractivity contribution is 7.89. The van der Waals surface area contributed by atoms with Crippen molar-refractivity contribution in [3.63, 3.8) is 0 Å². The molecule has 0 radical (unpaired) electrons. The standard InChI is InChI=1S/C13H17ClN2O4S/c1-2-21(18,19)15-8-12(17)16-11-6-7-20-13-9(11)4-3-5-10(13)14/h3-5,11,15H,2,6-8H2,1H3,(H,16,17). The van der Waals surface area contributed by atoms with Crippen LogP contribution in [-0.2, 0) is 14.8 Å². The molecular formula is C13H17ClN2O4S. The zero-order valence-corrected chi connectivity index (χ0v) is 13.1. The number of hydrogen-bond acceptors (Lipinski definition) is 4. The molecule has 1 aromatic rings. The summed E-state index contributed by atoms with van der Waals surface area (Å²) in [6.45, 7) is 1.68. The topological polar surface area (TPSA) is 84.5 Å². The second-order valence-electron chi connectivity index (χ2n) is 4.64. The Morgan fingerprint density at radius 1 is 1.48 bits per heavy atom. The molecule has 0 saturated heterocycles. The number of rotatable bonds is 5. The maximum absolute atomic E-state index is 11.9. The zero-order chi connectivity index (χ0) is 15.5. The average Bonchev–Trinajstić information content (AvgIpc) is 2.46. The van der Waals surface area contributed by atoms with Crippen molar-refractivity contribution in [2.45, 2.75) is 19.4 Å². The lowest BCUT2D eigenvalue weighted by Crippen LogP contribution is -2.40. The van der Waals surface area contributed by atoms with Crippen molar-refractivity contribution in [2.75, 3.05) is 18.9 Å². The molecule has 2 N–H and O–H groups in total. The summed E-state index contributed by atoms with van der Waals surface area (Å²) in [4.78, 5) is 11.9. The number of halogens is 1. The Morgan fingerprint density at radius 3 is 2.95 bits per heavy atom. The fourth-order valence-electron chi connectivity index (χ4n) is 2.06. The average molecular weight is 333 g/mol. The number of hydrogen-bond donors (Lipinski definition) is 2. The van der Waals surface area contributed by atoms with E-state index in [0.717, 1.165) is 5.56 Å². The molecule has 0 saturated carbocycles. The number of nitrogens with one attached hydrogen (secondary N) is 2. The van der Waals surface area contributed by atoms with Gasteiger partial charge in [0.05, 0.1) is 30.0 Å². The van der Waals surface area contributed by atoms with Gasteiger partial charge in [-0.15, -0.1) is 0 Å². The minimum atomic E-state index is -3.38. The summed E-state index contributed by atoms with van der Waals surface area (Å²) < 4.78 is 30.4. The number of carbonyl (C=O) groups excluding carboxylic acids is 1. The van der Waals surface area contributed by atoms with Crippen LogP contribution in [0.3, 0.4) is 0 Å². The lowest BCUT2D eigenvalue weighted by atomic mass is 10.0. The van der Waals surface area contributed by atoms with Crippen LogP contribution in [0.2, 0.25) is 5.02 Å². The number of carbonyl (C=O) groups is 1. The van der Waals surface area contributed by atoms with Crippen LogP contribution >= 0.6 is 11.6 Å². The zero-order valence-electron chi connectivity index (χ0n) is 11.6. The first-order chi connectivity index (χ1) is 9.93. The van der Waals surface area contributed by atoms with E-state index in [1.807, 2.05) is 6.07 Å². The Hall–Kier alpha value is -1.31. The van der Waals surface area contributed by atoms with Gasteiger partial charge in [0, 0.05) is 12.0 Å². The summed E-state index contributed by atoms with van der Waals surface area (Å²) in [5.74, 6) is 0.130. The van der Waals surface area contributed by atoms with Crippen molar-refractivity contribution in [1.82, 2.24) is 10.0 Å². The van der Waals surface area contributed by atoms with Crippen LogP contribution in [0.5, 0.6) is 5.75 Å². The molecule has 1 unspecified atom stereocenters. The monoisotopic (exact) mass is 332 g/mol. The lowest BCUT2D eigenvalue weighted by Gasteiger charge is -2.27. The molecule has 1 amide bonds. The van der Waals surface area contributed by atoms with Crippen molar-refractivity contribution < 1.29 is 17.9 Å². The minimum Gasteiger partial charge on any atom is -0.492 e. The van der Waals surface area contributed by atoms with E-state index in [1.165, 1.54) is 6.92 Å². The predicted molar refractivity (Wildman–Crippen MR) is 79.9 cm³/mol. The van der Waals surface area contributed by atoms with Gasteiger partial charge in [-0.1, -0.05) is 23.7 Å². The van der Waals surface area contributed by atoms with Crippen LogP contribution in [0.4, 0.5) is 0 Å². The van der Waals surface area contributed by atoms with Crippen LogP contribution in [-0.4, -0.2) is 33.2 Å². The first-order valence-corrected chi connectivity index (χ1v) is 8.64. The van der Waals surface area contributed by atoms with Crippen LogP contribution in [0.25, 0.3) is 0 Å². The van der Waals surface area contributed by atoms with Gasteiger partial charge in [-0.3, -0.25) is 4.79 Å². The highest BCUT2D eigenvalue weighted by Gasteiger charge is 2.24. The summed E-state index contributed by atoms with van der Waals surface area (Å²) in [5.41, 5.74) is 0.806. The molecule has 0 aliphatic carbocycles. The normalized spacial score (nSPS) is 17.7. The van der Waals surface area contributed by atoms with Gasteiger partial charge in [-0.25, -0.2) is 13.1 Å². The molecular weight excluding hydrogens is 316 g/mol. The Kier molecular flexibility index (Phi) is 5.08. The molecule has 1 heterocycles. The van der Waals surface area contributed by atoms with Gasteiger partial charge >= 0.3 is 0 Å². The second kappa shape index (κ2) is 6.64. The molecule has 6 nitrogen and oxygen atoms in total. The van der Waals surface area contributed by atoms with E-state index in [2.05, 4.69) is 10.0 Å². The Labute approximate surface area is 128 Å². The molecule has 0 aromatic heterocycles. The number of fused-ring (bicyclic) bond motifs is 1. The number of sulfonamides is 1. The summed E-state index contributed by atoms with van der Waals surface area (Å²) in [7, 11) is -3.38. The van der Waals surface area contributed by atoms with E-state index in [9.17, 15) is 13.2 Å². The number of amides is 1. The van der Waals surface area contributed by atoms with Crippen molar-refractivity contribution in [3.8, 4) is 5.75 Å². The third-order valence-corrected chi connectivity index (χ3v) is 4.84. The van der Waals surface area contributed by atoms with Crippen LogP contribution in [0.15, 0.2) is 18.2 Å². The molecule has 1 aliphatic rings. The molecule has 116 valence electrons. The molecule has 1 aromatic carbocycles. The number of para-hydroxylation sites is 1. The highest BCUT2D eigenvalue weighted by Crippen LogP contribution is 2.37. The third kappa shape index (κ3) is 4.09. The minimum absolute atomic E-state index is 0.0595. The van der Waals surface area contributed by atoms with Gasteiger partial charge in [0.2, 0.25) is 15.9 Å². The highest BCUT2D eigenvalue weighted by atomic mass is 35.5. The maximum Gasteiger partial charge on any atom is 0.235 e. The molecule has 8 heteroatoms. The van der Waals surface area contributed by atoms with Gasteiger partial charge < -0.3 is 10.1 Å². The summed E-state index contributed by atoms with van der Waals surface area (Å²) in [5, 5.41) is 3.29. The van der Waals surface area contributed by atoms with Gasteiger partial charge in [-0.05, 0) is 13.0 Å². The van der Waals surface area contributed by atoms with Crippen LogP contribution < -0.4 is 14.8 Å². The van der Waals surface area contributed by atoms with Crippen LogP contribution in [0.1, 0.15) is 24.9 Å². The largest absolute Gasteiger partial charge is 0.492 e. The van der Waals surface area contributed by atoms with E-state index in [4.69, 9.17) is 16.3 Å². The predicted octanol–water partition coefficient (Wildman–Crippen LogP) is 1.22. The van der Waals surface area contributed by atoms with E-state index in [-0.39, 0.29) is 24.2 Å². The van der Waals surface area contributed by atoms with Crippen LogP contribution in [0, 0.1) is 0 Å². The first-order valence-electron chi connectivity index (χ1n) is 6.61. The third-order valence-electron chi connectivity index (χ3n) is 3.19. The van der Waals surface area contributed by atoms with Crippen molar-refractivity contribution in [2.24, 2.45) is 0 Å². The second-order valence-corrected chi connectivity index (χ2v) is 7.14. The number of benzene rings is 1. The van der Waals surface area contributed by atoms with E-state index in [0.29, 0.717) is 23.8 Å². The quantitative estimate of drug-likeness (QED) is 0.849. The molecule has 1 aliphatic heterocycles. The summed E-state index contributed by atoms with van der Waals surface area (Å²) in [6, 6.07) is 5.11. The SMILES string of the molecule is CCS(=O)(=O)NCC(=O)NC1CCOc2c(Cl)cccc21. The Morgan fingerprint density at radius 2 is 2.24 bits per heavy atom. The van der Waals surface area contributed by atoms with E-state index in [1.54, 1.807) is 12.1 Å². The number of ether oxygens (including phenoxy) is 1. The van der Waals surface area contributed by atoms with E-state index >= 15 is 0 Å². The molecule has 2 rings (SSSR count). The van der Waals surface area contributed by atoms with Gasteiger partial charge in [0.15, 0.2) is 0 Å². The fourth-order valence-corrected chi connectivity index (χ4v) is 2.85. The molecule has 1 atom stereocenters. The van der Waals surface area contributed by atoms with Gasteiger partial charge in [0.25, 0.3) is 0 Å². The maximum atomic E-state index is 11.9. The smallest absolute Gasteiger partial charge is 0.235 e. The molecule has 0 bridgehead atoms. The van der Waals surface area contributed by atoms with Crippen molar-refractivity contribution in [3.05, 3.63) is 28.8 Å². The molecule has 0 spiro atoms. The Bertz CT molecular complexity index is 633. The first kappa shape index (κ1) is 16.1. The van der Waals surface area contributed by atoms with Gasteiger partial charge in [-0.2, -0.15) is 0 Å². The lowest BCUT2D eigenvalue weighted by molar-refractivity contribution is -0.120. The Balaban J connectivity index is 2.02. The molecule has 0 fully saturated rings. The summed E-state index contributed by atoms with van der Waals surface area (Å²) in [6.07, 6.45) is 0.611.